The van der Waals surface area contributed by atoms with Gasteiger partial charge in [-0.2, -0.15) is 0 Å². The average molecular weight is 555 g/mol. The molecular formula is C26H23BrN2O5S. The first-order chi connectivity index (χ1) is 16.8. The first kappa shape index (κ1) is 24.7. The SMILES string of the molecule is C=CCOc1ccc([C@H]2C(C(=O)OCC)=C(C)N=c3sc(=Cc4ccc(O)c(Br)c4)c(=O)n32)cc1. The molecule has 9 heteroatoms. The normalized spacial score (nSPS) is 15.4. The number of carbonyl (C=O) groups excluding carboxylic acids is 1. The first-order valence-corrected chi connectivity index (χ1v) is 12.5. The summed E-state index contributed by atoms with van der Waals surface area (Å²) in [5, 5.41) is 9.78. The van der Waals surface area contributed by atoms with Crippen LogP contribution in [-0.4, -0.2) is 28.9 Å². The lowest BCUT2D eigenvalue weighted by Gasteiger charge is -2.24. The van der Waals surface area contributed by atoms with Crippen LogP contribution in [0.4, 0.5) is 0 Å². The predicted molar refractivity (Wildman–Crippen MR) is 138 cm³/mol. The number of phenolic OH excluding ortho intramolecular Hbond substituents is 1. The summed E-state index contributed by atoms with van der Waals surface area (Å²) in [7, 11) is 0. The Labute approximate surface area is 214 Å². The number of aromatic nitrogens is 1. The molecular weight excluding hydrogens is 532 g/mol. The predicted octanol–water partition coefficient (Wildman–Crippen LogP) is 3.83. The highest BCUT2D eigenvalue weighted by Gasteiger charge is 2.33. The van der Waals surface area contributed by atoms with Crippen LogP contribution < -0.4 is 19.6 Å². The van der Waals surface area contributed by atoms with E-state index in [0.29, 0.717) is 37.4 Å². The molecule has 35 heavy (non-hydrogen) atoms. The molecule has 1 aliphatic rings. The quantitative estimate of drug-likeness (QED) is 0.354. The molecule has 1 N–H and O–H groups in total. The van der Waals surface area contributed by atoms with E-state index in [9.17, 15) is 14.7 Å². The van der Waals surface area contributed by atoms with E-state index >= 15 is 0 Å². The van der Waals surface area contributed by atoms with Crippen molar-refractivity contribution in [3.63, 3.8) is 0 Å². The fourth-order valence-electron chi connectivity index (χ4n) is 3.77. The lowest BCUT2D eigenvalue weighted by Crippen LogP contribution is -2.39. The maximum atomic E-state index is 13.6. The molecule has 0 fully saturated rings. The van der Waals surface area contributed by atoms with E-state index in [1.807, 2.05) is 12.1 Å². The Morgan fingerprint density at radius 2 is 2.03 bits per heavy atom. The molecule has 0 saturated heterocycles. The number of fused-ring (bicyclic) bond motifs is 1. The third kappa shape index (κ3) is 5.01. The Bertz CT molecular complexity index is 1500. The molecule has 3 aromatic rings. The van der Waals surface area contributed by atoms with Crippen LogP contribution in [0.3, 0.4) is 0 Å². The van der Waals surface area contributed by atoms with Gasteiger partial charge in [-0.3, -0.25) is 9.36 Å². The molecule has 0 bridgehead atoms. The van der Waals surface area contributed by atoms with Crippen molar-refractivity contribution in [2.45, 2.75) is 19.9 Å². The first-order valence-electron chi connectivity index (χ1n) is 10.9. The summed E-state index contributed by atoms with van der Waals surface area (Å²) in [4.78, 5) is 31.6. The monoisotopic (exact) mass is 554 g/mol. The van der Waals surface area contributed by atoms with E-state index in [1.165, 1.54) is 15.9 Å². The number of hydrogen-bond donors (Lipinski definition) is 1. The summed E-state index contributed by atoms with van der Waals surface area (Å²) in [6, 6.07) is 11.5. The maximum absolute atomic E-state index is 13.6. The van der Waals surface area contributed by atoms with Crippen molar-refractivity contribution in [3.05, 3.63) is 102 Å². The molecule has 2 heterocycles. The van der Waals surface area contributed by atoms with Crippen molar-refractivity contribution in [2.24, 2.45) is 4.99 Å². The number of esters is 1. The van der Waals surface area contributed by atoms with Gasteiger partial charge in [0.15, 0.2) is 4.80 Å². The molecule has 2 aromatic carbocycles. The molecule has 0 spiro atoms. The van der Waals surface area contributed by atoms with E-state index in [1.54, 1.807) is 56.3 Å². The van der Waals surface area contributed by atoms with Crippen molar-refractivity contribution in [1.29, 1.82) is 0 Å². The number of allylic oxidation sites excluding steroid dienone is 1. The van der Waals surface area contributed by atoms with Crippen molar-refractivity contribution in [3.8, 4) is 11.5 Å². The van der Waals surface area contributed by atoms with Gasteiger partial charge in [-0.25, -0.2) is 9.79 Å². The molecule has 1 atom stereocenters. The number of benzene rings is 2. The van der Waals surface area contributed by atoms with Crippen LogP contribution in [0.15, 0.2) is 80.6 Å². The number of phenols is 1. The van der Waals surface area contributed by atoms with Gasteiger partial charge < -0.3 is 14.6 Å². The van der Waals surface area contributed by atoms with Gasteiger partial charge in [-0.15, -0.1) is 0 Å². The second-order valence-corrected chi connectivity index (χ2v) is 9.55. The van der Waals surface area contributed by atoms with E-state index in [4.69, 9.17) is 9.47 Å². The van der Waals surface area contributed by atoms with Gasteiger partial charge in [-0.1, -0.05) is 42.2 Å². The summed E-state index contributed by atoms with van der Waals surface area (Å²) in [5.41, 5.74) is 2.01. The molecule has 1 aromatic heterocycles. The molecule has 1 aliphatic heterocycles. The van der Waals surface area contributed by atoms with E-state index in [0.717, 1.165) is 11.1 Å². The van der Waals surface area contributed by atoms with Crippen molar-refractivity contribution >= 4 is 39.3 Å². The van der Waals surface area contributed by atoms with Crippen LogP contribution in [0.1, 0.15) is 31.0 Å². The third-order valence-electron chi connectivity index (χ3n) is 5.35. The van der Waals surface area contributed by atoms with Crippen molar-refractivity contribution < 1.29 is 19.4 Å². The van der Waals surface area contributed by atoms with Crippen LogP contribution in [-0.2, 0) is 9.53 Å². The fourth-order valence-corrected chi connectivity index (χ4v) is 5.22. The Hall–Kier alpha value is -3.43. The number of carbonyl (C=O) groups is 1. The smallest absolute Gasteiger partial charge is 0.338 e. The molecule has 180 valence electrons. The number of aromatic hydroxyl groups is 1. The van der Waals surface area contributed by atoms with E-state index < -0.39 is 12.0 Å². The summed E-state index contributed by atoms with van der Waals surface area (Å²) >= 11 is 4.54. The lowest BCUT2D eigenvalue weighted by molar-refractivity contribution is -0.139. The van der Waals surface area contributed by atoms with Gasteiger partial charge in [-0.05, 0) is 71.2 Å². The van der Waals surface area contributed by atoms with Crippen LogP contribution in [0, 0.1) is 0 Å². The van der Waals surface area contributed by atoms with Crippen LogP contribution in [0.25, 0.3) is 6.08 Å². The van der Waals surface area contributed by atoms with E-state index in [-0.39, 0.29) is 17.9 Å². The highest BCUT2D eigenvalue weighted by atomic mass is 79.9. The maximum Gasteiger partial charge on any atom is 0.338 e. The molecule has 4 rings (SSSR count). The number of halogens is 1. The molecule has 0 unspecified atom stereocenters. The lowest BCUT2D eigenvalue weighted by atomic mass is 9.96. The number of ether oxygens (including phenoxy) is 2. The number of nitrogens with zero attached hydrogens (tertiary/aromatic N) is 2. The summed E-state index contributed by atoms with van der Waals surface area (Å²) in [6.07, 6.45) is 3.39. The van der Waals surface area contributed by atoms with Crippen LogP contribution in [0.2, 0.25) is 0 Å². The summed E-state index contributed by atoms with van der Waals surface area (Å²) < 4.78 is 13.4. The van der Waals surface area contributed by atoms with Gasteiger partial charge in [0.1, 0.15) is 18.1 Å². The highest BCUT2D eigenvalue weighted by molar-refractivity contribution is 9.10. The zero-order chi connectivity index (χ0) is 25.1. The summed E-state index contributed by atoms with van der Waals surface area (Å²) in [5.74, 6) is 0.249. The number of hydrogen-bond acceptors (Lipinski definition) is 7. The second kappa shape index (κ2) is 10.5. The van der Waals surface area contributed by atoms with Gasteiger partial charge in [0.05, 0.1) is 32.9 Å². The number of rotatable bonds is 7. The molecule has 0 saturated carbocycles. The third-order valence-corrected chi connectivity index (χ3v) is 6.97. The van der Waals surface area contributed by atoms with Crippen LogP contribution >= 0.6 is 27.3 Å². The fraction of sp³-hybridized carbons (Fsp3) is 0.192. The largest absolute Gasteiger partial charge is 0.507 e. The minimum absolute atomic E-state index is 0.110. The van der Waals surface area contributed by atoms with Crippen molar-refractivity contribution in [2.75, 3.05) is 13.2 Å². The Morgan fingerprint density at radius 3 is 2.69 bits per heavy atom. The van der Waals surface area contributed by atoms with Gasteiger partial charge in [0, 0.05) is 0 Å². The Kier molecular flexibility index (Phi) is 7.37. The number of thiazole rings is 1. The van der Waals surface area contributed by atoms with Gasteiger partial charge in [0.2, 0.25) is 0 Å². The topological polar surface area (TPSA) is 90.1 Å². The molecule has 0 aliphatic carbocycles. The Morgan fingerprint density at radius 1 is 1.29 bits per heavy atom. The average Bonchev–Trinajstić information content (AvgIpc) is 3.14. The van der Waals surface area contributed by atoms with Crippen molar-refractivity contribution in [1.82, 2.24) is 4.57 Å². The zero-order valence-electron chi connectivity index (χ0n) is 19.2. The molecule has 0 amide bonds. The Balaban J connectivity index is 1.89. The van der Waals surface area contributed by atoms with E-state index in [2.05, 4.69) is 27.5 Å². The van der Waals surface area contributed by atoms with Gasteiger partial charge >= 0.3 is 5.97 Å². The zero-order valence-corrected chi connectivity index (χ0v) is 21.6. The standard InChI is InChI=1S/C26H23BrN2O5S/c1-4-12-34-18-9-7-17(8-10-18)23-22(25(32)33-5-2)15(3)28-26-29(23)24(31)21(35-26)14-16-6-11-20(30)19(27)13-16/h4,6-11,13-14,23,30H,1,5,12H2,2-3H3/t23-/m0/s1. The minimum Gasteiger partial charge on any atom is -0.507 e. The summed E-state index contributed by atoms with van der Waals surface area (Å²) in [6.45, 7) is 7.71. The molecule has 0 radical (unpaired) electrons. The highest BCUT2D eigenvalue weighted by Crippen LogP contribution is 2.31. The molecule has 7 nitrogen and oxygen atoms in total. The second-order valence-electron chi connectivity index (χ2n) is 7.68. The minimum atomic E-state index is -0.701. The van der Waals surface area contributed by atoms with Crippen LogP contribution in [0.5, 0.6) is 11.5 Å². The van der Waals surface area contributed by atoms with Gasteiger partial charge in [0.25, 0.3) is 5.56 Å².